The second-order valence-electron chi connectivity index (χ2n) is 4.49. The van der Waals surface area contributed by atoms with Gasteiger partial charge in [0, 0.05) is 11.8 Å². The Balaban J connectivity index is 1.65. The zero-order chi connectivity index (χ0) is 13.8. The van der Waals surface area contributed by atoms with Crippen molar-refractivity contribution in [2.75, 3.05) is 6.61 Å². The van der Waals surface area contributed by atoms with E-state index in [0.29, 0.717) is 18.7 Å². The first-order valence-corrected chi connectivity index (χ1v) is 6.49. The fraction of sp³-hybridized carbons (Fsp3) is 0.125. The number of nitrogens with one attached hydrogen (secondary N) is 1. The number of nitrogens with zero attached hydrogens (tertiary/aromatic N) is 1. The molecule has 1 aromatic heterocycles. The van der Waals surface area contributed by atoms with Gasteiger partial charge in [-0.1, -0.05) is 48.5 Å². The Morgan fingerprint density at radius 1 is 1.05 bits per heavy atom. The van der Waals surface area contributed by atoms with Crippen molar-refractivity contribution < 1.29 is 9.53 Å². The van der Waals surface area contributed by atoms with E-state index in [1.807, 2.05) is 54.6 Å². The van der Waals surface area contributed by atoms with E-state index in [2.05, 4.69) is 10.2 Å². The molecule has 3 rings (SSSR count). The van der Waals surface area contributed by atoms with Gasteiger partial charge in [0.05, 0.1) is 12.1 Å². The van der Waals surface area contributed by atoms with Gasteiger partial charge in [-0.3, -0.25) is 5.10 Å². The minimum absolute atomic E-state index is 0.341. The molecule has 100 valence electrons. The molecule has 2 aromatic carbocycles. The average molecular weight is 266 g/mol. The van der Waals surface area contributed by atoms with Gasteiger partial charge in [-0.2, -0.15) is 5.10 Å². The molecule has 0 spiro atoms. The lowest BCUT2D eigenvalue weighted by Crippen LogP contribution is -2.09. The fourth-order valence-corrected chi connectivity index (χ4v) is 2.09. The van der Waals surface area contributed by atoms with Crippen LogP contribution in [0, 0.1) is 0 Å². The van der Waals surface area contributed by atoms with E-state index >= 15 is 0 Å². The van der Waals surface area contributed by atoms with Gasteiger partial charge in [0.15, 0.2) is 5.69 Å². The molecule has 0 atom stereocenters. The van der Waals surface area contributed by atoms with Crippen LogP contribution in [0.15, 0.2) is 54.6 Å². The molecular formula is C16H14N2O2. The highest BCUT2D eigenvalue weighted by atomic mass is 16.5. The molecule has 0 aliphatic carbocycles. The van der Waals surface area contributed by atoms with Crippen molar-refractivity contribution in [2.24, 2.45) is 0 Å². The molecule has 0 radical (unpaired) electrons. The lowest BCUT2D eigenvalue weighted by atomic mass is 10.2. The number of aromatic nitrogens is 2. The van der Waals surface area contributed by atoms with Crippen LogP contribution in [-0.2, 0) is 11.2 Å². The minimum Gasteiger partial charge on any atom is -0.461 e. The minimum atomic E-state index is -0.390. The second kappa shape index (κ2) is 5.57. The number of para-hydroxylation sites is 1. The summed E-state index contributed by atoms with van der Waals surface area (Å²) < 4.78 is 5.28. The van der Waals surface area contributed by atoms with Crippen molar-refractivity contribution in [3.63, 3.8) is 0 Å². The summed E-state index contributed by atoms with van der Waals surface area (Å²) in [5.74, 6) is -0.390. The van der Waals surface area contributed by atoms with Crippen LogP contribution in [-0.4, -0.2) is 22.8 Å². The molecule has 20 heavy (non-hydrogen) atoms. The van der Waals surface area contributed by atoms with E-state index < -0.39 is 5.97 Å². The van der Waals surface area contributed by atoms with E-state index in [1.165, 1.54) is 0 Å². The van der Waals surface area contributed by atoms with Gasteiger partial charge >= 0.3 is 5.97 Å². The van der Waals surface area contributed by atoms with Crippen molar-refractivity contribution in [3.05, 3.63) is 65.9 Å². The molecule has 0 bridgehead atoms. The van der Waals surface area contributed by atoms with Gasteiger partial charge in [-0.05, 0) is 11.6 Å². The summed E-state index contributed by atoms with van der Waals surface area (Å²) in [5, 5.41) is 7.64. The van der Waals surface area contributed by atoms with E-state index in [-0.39, 0.29) is 0 Å². The van der Waals surface area contributed by atoms with Gasteiger partial charge in [-0.15, -0.1) is 0 Å². The molecule has 0 saturated carbocycles. The van der Waals surface area contributed by atoms with E-state index in [4.69, 9.17) is 4.74 Å². The molecule has 4 nitrogen and oxygen atoms in total. The van der Waals surface area contributed by atoms with Gasteiger partial charge in [0.25, 0.3) is 0 Å². The quantitative estimate of drug-likeness (QED) is 0.739. The Labute approximate surface area is 116 Å². The third-order valence-corrected chi connectivity index (χ3v) is 3.13. The predicted molar refractivity (Wildman–Crippen MR) is 76.5 cm³/mol. The second-order valence-corrected chi connectivity index (χ2v) is 4.49. The van der Waals surface area contributed by atoms with Crippen LogP contribution >= 0.6 is 0 Å². The van der Waals surface area contributed by atoms with Crippen molar-refractivity contribution in [1.29, 1.82) is 0 Å². The highest BCUT2D eigenvalue weighted by molar-refractivity contribution is 6.01. The molecule has 0 amide bonds. The highest BCUT2D eigenvalue weighted by Gasteiger charge is 2.14. The van der Waals surface area contributed by atoms with Gasteiger partial charge in [-0.25, -0.2) is 4.79 Å². The summed E-state index contributed by atoms with van der Waals surface area (Å²) in [6, 6.07) is 17.4. The normalized spacial score (nSPS) is 10.6. The zero-order valence-electron chi connectivity index (χ0n) is 10.9. The Morgan fingerprint density at radius 2 is 1.80 bits per heavy atom. The Hall–Kier alpha value is -2.62. The predicted octanol–water partition coefficient (Wildman–Crippen LogP) is 2.96. The Morgan fingerprint density at radius 3 is 2.65 bits per heavy atom. The lowest BCUT2D eigenvalue weighted by molar-refractivity contribution is 0.0504. The van der Waals surface area contributed by atoms with E-state index in [9.17, 15) is 4.79 Å². The molecule has 4 heteroatoms. The molecule has 1 heterocycles. The maximum absolute atomic E-state index is 12.0. The largest absolute Gasteiger partial charge is 0.461 e. The number of hydrogen-bond acceptors (Lipinski definition) is 3. The number of benzene rings is 2. The van der Waals surface area contributed by atoms with Crippen molar-refractivity contribution in [3.8, 4) is 0 Å². The summed E-state index contributed by atoms with van der Waals surface area (Å²) in [7, 11) is 0. The molecule has 0 aliphatic rings. The van der Waals surface area contributed by atoms with Crippen LogP contribution in [0.3, 0.4) is 0 Å². The maximum Gasteiger partial charge on any atom is 0.359 e. The SMILES string of the molecule is O=C(OCCc1ccccc1)c1n[nH]c2ccccc12. The average Bonchev–Trinajstić information content (AvgIpc) is 2.92. The van der Waals surface area contributed by atoms with Crippen LogP contribution in [0.5, 0.6) is 0 Å². The molecule has 0 unspecified atom stereocenters. The summed E-state index contributed by atoms with van der Waals surface area (Å²) in [5.41, 5.74) is 2.32. The number of hydrogen-bond donors (Lipinski definition) is 1. The third kappa shape index (κ3) is 2.54. The van der Waals surface area contributed by atoms with Crippen molar-refractivity contribution >= 4 is 16.9 Å². The topological polar surface area (TPSA) is 55.0 Å². The van der Waals surface area contributed by atoms with Crippen molar-refractivity contribution in [1.82, 2.24) is 10.2 Å². The summed E-state index contributed by atoms with van der Waals surface area (Å²) in [4.78, 5) is 12.0. The standard InChI is InChI=1S/C16H14N2O2/c19-16(20-11-10-12-6-2-1-3-7-12)15-13-8-4-5-9-14(13)17-18-15/h1-9H,10-11H2,(H,17,18). The van der Waals surface area contributed by atoms with Gasteiger partial charge < -0.3 is 4.74 Å². The van der Waals surface area contributed by atoms with Crippen LogP contribution < -0.4 is 0 Å². The van der Waals surface area contributed by atoms with Gasteiger partial charge in [0.2, 0.25) is 0 Å². The number of fused-ring (bicyclic) bond motifs is 1. The Bertz CT molecular complexity index is 719. The number of carbonyl (C=O) groups is 1. The first-order valence-electron chi connectivity index (χ1n) is 6.49. The van der Waals surface area contributed by atoms with Crippen LogP contribution in [0.25, 0.3) is 10.9 Å². The fourth-order valence-electron chi connectivity index (χ4n) is 2.09. The molecule has 3 aromatic rings. The van der Waals surface area contributed by atoms with Crippen molar-refractivity contribution in [2.45, 2.75) is 6.42 Å². The number of ether oxygens (including phenoxy) is 1. The van der Waals surface area contributed by atoms with Crippen LogP contribution in [0.2, 0.25) is 0 Å². The molecule has 1 N–H and O–H groups in total. The highest BCUT2D eigenvalue weighted by Crippen LogP contribution is 2.15. The van der Waals surface area contributed by atoms with Gasteiger partial charge in [0.1, 0.15) is 0 Å². The summed E-state index contributed by atoms with van der Waals surface area (Å²) in [6.45, 7) is 0.351. The molecule has 0 fully saturated rings. The molecule has 0 aliphatic heterocycles. The summed E-state index contributed by atoms with van der Waals surface area (Å²) in [6.07, 6.45) is 0.703. The lowest BCUT2D eigenvalue weighted by Gasteiger charge is -2.03. The number of rotatable bonds is 4. The third-order valence-electron chi connectivity index (χ3n) is 3.13. The molecular weight excluding hydrogens is 252 g/mol. The maximum atomic E-state index is 12.0. The first kappa shape index (κ1) is 12.4. The van der Waals surface area contributed by atoms with Crippen LogP contribution in [0.1, 0.15) is 16.1 Å². The van der Waals surface area contributed by atoms with Crippen LogP contribution in [0.4, 0.5) is 0 Å². The summed E-state index contributed by atoms with van der Waals surface area (Å²) >= 11 is 0. The van der Waals surface area contributed by atoms with E-state index in [0.717, 1.165) is 16.5 Å². The number of H-pyrrole nitrogens is 1. The smallest absolute Gasteiger partial charge is 0.359 e. The number of carbonyl (C=O) groups excluding carboxylic acids is 1. The molecule has 0 saturated heterocycles. The first-order chi connectivity index (χ1) is 9.84. The zero-order valence-corrected chi connectivity index (χ0v) is 10.9. The monoisotopic (exact) mass is 266 g/mol. The Kier molecular flexibility index (Phi) is 3.46. The number of aromatic amines is 1. The van der Waals surface area contributed by atoms with E-state index in [1.54, 1.807) is 0 Å². The number of esters is 1.